The Hall–Kier alpha value is -7.22. The predicted molar refractivity (Wildman–Crippen MR) is 423 cm³/mol. The highest BCUT2D eigenvalue weighted by Gasteiger charge is 2.63. The van der Waals surface area contributed by atoms with Crippen molar-refractivity contribution in [2.24, 2.45) is 70.9 Å². The molecule has 24 unspecified atom stereocenters. The second-order valence-electron chi connectivity index (χ2n) is 36.1. The third-order valence-corrected chi connectivity index (χ3v) is 30.5. The predicted octanol–water partition coefficient (Wildman–Crippen LogP) is 12.8. The fourth-order valence-corrected chi connectivity index (χ4v) is 24.8. The molecule has 0 radical (unpaired) electrons. The highest BCUT2D eigenvalue weighted by Crippen LogP contribution is 2.60. The molecule has 12 heteroatoms. The fourth-order valence-electron chi connectivity index (χ4n) is 24.8. The Kier molecular flexibility index (Phi) is 19.8. The van der Waals surface area contributed by atoms with Gasteiger partial charge in [-0.1, -0.05) is 100 Å². The molecule has 12 bridgehead atoms. The Morgan fingerprint density at radius 2 is 0.867 bits per heavy atom. The number of para-hydroxylation sites is 2. The number of hydrogen-bond acceptors (Lipinski definition) is 6. The number of anilines is 2. The van der Waals surface area contributed by atoms with Gasteiger partial charge in [0, 0.05) is 176 Å². The Labute approximate surface area is 632 Å². The van der Waals surface area contributed by atoms with Gasteiger partial charge >= 0.3 is 0 Å². The van der Waals surface area contributed by atoms with Gasteiger partial charge in [-0.3, -0.25) is 19.6 Å². The quantitative estimate of drug-likeness (QED) is 0.155. The minimum absolute atomic E-state index is 0.231. The molecule has 10 fully saturated rings. The van der Waals surface area contributed by atoms with Crippen molar-refractivity contribution in [1.29, 1.82) is 0 Å². The molecule has 12 aliphatic heterocycles. The number of piperidine rings is 4. The fraction of sp³-hybridized carbons (Fsp3) is 0.548. The van der Waals surface area contributed by atoms with Gasteiger partial charge in [0.2, 0.25) is 0 Å². The van der Waals surface area contributed by atoms with Gasteiger partial charge < -0.3 is 9.80 Å². The molecule has 0 amide bonds. The molecule has 0 saturated carbocycles. The highest BCUT2D eigenvalue weighted by molar-refractivity contribution is 5.68. The van der Waals surface area contributed by atoms with Gasteiger partial charge in [-0.15, -0.1) is 0 Å². The largest absolute Gasteiger partial charge is 0.367 e. The van der Waals surface area contributed by atoms with Crippen molar-refractivity contribution in [1.82, 2.24) is 19.6 Å². The van der Waals surface area contributed by atoms with Crippen LogP contribution in [0.5, 0.6) is 0 Å². The van der Waals surface area contributed by atoms with E-state index in [2.05, 4.69) is 384 Å². The maximum absolute atomic E-state index is 2.71. The van der Waals surface area contributed by atoms with Crippen molar-refractivity contribution in [3.05, 3.63) is 240 Å². The van der Waals surface area contributed by atoms with Crippen LogP contribution in [0.25, 0.3) is 0 Å². The number of hydrogen-bond donors (Lipinski definition) is 0. The van der Waals surface area contributed by atoms with Crippen LogP contribution in [0, 0.1) is 28.6 Å². The summed E-state index contributed by atoms with van der Waals surface area (Å²) in [7, 11) is 13.0. The minimum Gasteiger partial charge on any atom is -0.367 e. The van der Waals surface area contributed by atoms with Crippen molar-refractivity contribution in [3.63, 3.8) is 0 Å². The normalized spacial score (nSPS) is 36.9. The van der Waals surface area contributed by atoms with Crippen molar-refractivity contribution in [2.45, 2.75) is 204 Å². The molecule has 6 aromatic heterocycles. The summed E-state index contributed by atoms with van der Waals surface area (Å²) in [6.07, 6.45) is 17.1. The lowest BCUT2D eigenvalue weighted by atomic mass is 9.65. The van der Waals surface area contributed by atoms with Crippen molar-refractivity contribution >= 4 is 11.4 Å². The number of aryl methyl sites for hydroxylation is 6. The number of pyridine rings is 6. The van der Waals surface area contributed by atoms with Crippen LogP contribution in [-0.4, -0.2) is 120 Å². The van der Waals surface area contributed by atoms with Crippen LogP contribution in [0.1, 0.15) is 196 Å². The second-order valence-corrected chi connectivity index (χ2v) is 36.1. The van der Waals surface area contributed by atoms with Crippen LogP contribution in [0.3, 0.4) is 0 Å². The number of aromatic nitrogens is 6. The van der Waals surface area contributed by atoms with Gasteiger partial charge in [0.25, 0.3) is 0 Å². The van der Waals surface area contributed by atoms with E-state index in [0.717, 1.165) is 42.3 Å². The topological polar surface area (TPSA) is 42.7 Å². The molecule has 10 saturated heterocycles. The Morgan fingerprint density at radius 1 is 0.371 bits per heavy atom. The lowest BCUT2D eigenvalue weighted by molar-refractivity contribution is -0.681. The van der Waals surface area contributed by atoms with E-state index < -0.39 is 0 Å². The van der Waals surface area contributed by atoms with Gasteiger partial charge in [-0.2, -0.15) is 0 Å². The molecule has 18 heterocycles. The Balaban J connectivity index is 0.000000101. The molecule has 0 spiro atoms. The highest BCUT2D eigenvalue weighted by atomic mass is 15.3. The molecule has 2 aromatic carbocycles. The van der Waals surface area contributed by atoms with Crippen LogP contribution >= 0.6 is 0 Å². The average molecular weight is 1410 g/mol. The first-order valence-corrected chi connectivity index (χ1v) is 40.7. The zero-order chi connectivity index (χ0) is 73.9. The van der Waals surface area contributed by atoms with Crippen molar-refractivity contribution < 1.29 is 27.4 Å². The third kappa shape index (κ3) is 12.3. The van der Waals surface area contributed by atoms with Crippen LogP contribution in [-0.2, 0) is 47.7 Å². The summed E-state index contributed by atoms with van der Waals surface area (Å²) in [5.41, 5.74) is 16.4. The zero-order valence-corrected chi connectivity index (χ0v) is 67.4. The maximum Gasteiger partial charge on any atom is 0.187 e. The number of fused-ring (bicyclic) bond motifs is 18. The van der Waals surface area contributed by atoms with Gasteiger partial charge in [-0.25, -0.2) is 27.4 Å². The number of rotatable bonds is 6. The first-order chi connectivity index (χ1) is 50.3. The minimum atomic E-state index is 0.231. The molecule has 12 nitrogen and oxygen atoms in total. The summed E-state index contributed by atoms with van der Waals surface area (Å²) in [6, 6.07) is 62.0. The van der Waals surface area contributed by atoms with Gasteiger partial charge in [0.1, 0.15) is 42.3 Å². The van der Waals surface area contributed by atoms with Gasteiger partial charge in [0.15, 0.2) is 71.3 Å². The first kappa shape index (κ1) is 73.3. The van der Waals surface area contributed by atoms with Crippen molar-refractivity contribution in [2.75, 3.05) is 62.2 Å². The van der Waals surface area contributed by atoms with E-state index in [1.807, 2.05) is 0 Å². The third-order valence-electron chi connectivity index (χ3n) is 30.5. The Morgan fingerprint density at radius 3 is 1.37 bits per heavy atom. The van der Waals surface area contributed by atoms with E-state index >= 15 is 0 Å². The number of nitrogens with zero attached hydrogens (tertiary/aromatic N) is 12. The molecule has 0 aliphatic carbocycles. The second kappa shape index (κ2) is 28.4. The molecule has 554 valence electrons. The van der Waals surface area contributed by atoms with E-state index in [0.29, 0.717) is 82.1 Å². The summed E-state index contributed by atoms with van der Waals surface area (Å²) >= 11 is 0. The molecular formula is C93H128N12+6. The summed E-state index contributed by atoms with van der Waals surface area (Å²) in [6.45, 7) is 41.5. The number of benzene rings is 2. The van der Waals surface area contributed by atoms with Gasteiger partial charge in [0.05, 0.1) is 35.5 Å². The summed E-state index contributed by atoms with van der Waals surface area (Å²) in [5.74, 6) is 7.13. The standard InChI is InChI=1S/C18H21N2.C17H19N2.C16H25N2.C15H23N2.C14H21N2.C13H19N2/c1-13-17(16-10-6-7-11-19(16)3)18(2)12-20(13)15-9-5-4-8-14(15)18;1-12-17(16-9-5-6-10-18(16)2)14-11-19(12)15-8-4-3-7-13(14)15;1-11-12(2)18-10-16(11,4)15(13(18)3)14-8-6-7-9-17(14)5;1-11-14(13-7-5-6-9-16(13)4)12-8-10-17(11)15(12,2)3;1-11-13(12-6-4-5-8-15(12)3)14(2)7-9-16(11)10-14;1-10-13(11-6-8-15(10)9-11)12-5-3-4-7-14(12)2/h4-11,13,17H,12H2,1-3H3;3-10,12,14,17H,11H2,1-2H3;6-9,11-13,15H,10H2,1-5H3;5-7,9,11-12,14H,8,10H2,1-4H3;4-6,8,11,13H,7,9-10H2,1-3H3;3-5,7,10-11,13H,6,8-9H2,1-2H3/q6*+1. The van der Waals surface area contributed by atoms with Gasteiger partial charge in [-0.05, 0) is 153 Å². The van der Waals surface area contributed by atoms with Crippen LogP contribution in [0.2, 0.25) is 0 Å². The average Bonchev–Trinajstić information content (AvgIpc) is 1.56. The first-order valence-electron chi connectivity index (χ1n) is 40.7. The summed E-state index contributed by atoms with van der Waals surface area (Å²) < 4.78 is 13.8. The maximum atomic E-state index is 2.71. The van der Waals surface area contributed by atoms with Crippen LogP contribution in [0.4, 0.5) is 11.4 Å². The molecule has 8 aromatic rings. The summed E-state index contributed by atoms with van der Waals surface area (Å²) in [4.78, 5) is 15.9. The van der Waals surface area contributed by atoms with Crippen molar-refractivity contribution in [3.8, 4) is 0 Å². The zero-order valence-electron chi connectivity index (χ0n) is 67.4. The molecule has 20 rings (SSSR count). The van der Waals surface area contributed by atoms with Crippen LogP contribution in [0.15, 0.2) is 195 Å². The van der Waals surface area contributed by atoms with E-state index in [-0.39, 0.29) is 5.41 Å². The SMILES string of the molecule is CC1C(C)C2(C)CN1C(C)C2c1cccc[n+]1C.CC1C(c2cccc[n+]2C)C2(C)CCN1C2.CC1C(c2cccc[n+]2C)C2(C)CN1c1ccccc12.CC1C(c2cccc[n+]2C)C2CCN1C2.CC1C(c2cccc[n+]2C)C2CCN1C2(C)C.CC1C(c2cccc[n+]2C)C2CN1c1ccccc12. The molecule has 24 atom stereocenters. The monoisotopic (exact) mass is 1410 g/mol. The molecule has 12 aliphatic rings. The molecule has 105 heavy (non-hydrogen) atoms. The lowest BCUT2D eigenvalue weighted by Gasteiger charge is -2.41. The van der Waals surface area contributed by atoms with Crippen LogP contribution < -0.4 is 37.2 Å². The lowest BCUT2D eigenvalue weighted by Crippen LogP contribution is -2.49. The van der Waals surface area contributed by atoms with E-state index in [4.69, 9.17) is 0 Å². The van der Waals surface area contributed by atoms with E-state index in [1.165, 1.54) is 122 Å². The molecule has 0 N–H and O–H groups in total. The smallest absolute Gasteiger partial charge is 0.187 e. The Bertz CT molecular complexity index is 4430. The van der Waals surface area contributed by atoms with E-state index in [1.54, 1.807) is 0 Å². The summed E-state index contributed by atoms with van der Waals surface area (Å²) in [5, 5.41) is 0. The molecular weight excluding hydrogens is 1290 g/mol. The van der Waals surface area contributed by atoms with E-state index in [9.17, 15) is 0 Å².